The summed E-state index contributed by atoms with van der Waals surface area (Å²) >= 11 is 5.79. The van der Waals surface area contributed by atoms with Crippen molar-refractivity contribution in [1.29, 1.82) is 0 Å². The van der Waals surface area contributed by atoms with Crippen molar-refractivity contribution in [2.75, 3.05) is 0 Å². The summed E-state index contributed by atoms with van der Waals surface area (Å²) in [6, 6.07) is 2.73. The molecule has 0 aromatic heterocycles. The minimum atomic E-state index is -1.17. The third-order valence-electron chi connectivity index (χ3n) is 2.60. The number of hydrogen-bond donors (Lipinski definition) is 2. The molecule has 0 saturated heterocycles. The van der Waals surface area contributed by atoms with E-state index in [1.54, 1.807) is 6.92 Å². The first-order valence-corrected chi connectivity index (χ1v) is 6.22. The van der Waals surface area contributed by atoms with Crippen LogP contribution in [0.15, 0.2) is 18.2 Å². The second-order valence-electron chi connectivity index (χ2n) is 4.05. The minimum Gasteiger partial charge on any atom is -0.480 e. The van der Waals surface area contributed by atoms with Gasteiger partial charge in [-0.3, -0.25) is 14.9 Å². The van der Waals surface area contributed by atoms with E-state index in [0.717, 1.165) is 0 Å². The summed E-state index contributed by atoms with van der Waals surface area (Å²) in [6.07, 6.45) is 0.827. The van der Waals surface area contributed by atoms with E-state index in [2.05, 4.69) is 5.32 Å². The number of rotatable bonds is 6. The van der Waals surface area contributed by atoms with Crippen LogP contribution in [0.4, 0.5) is 5.69 Å². The Bertz CT molecular complexity index is 547. The maximum Gasteiger partial charge on any atom is 0.326 e. The number of carbonyl (C=O) groups is 2. The van der Waals surface area contributed by atoms with Crippen LogP contribution in [0.1, 0.15) is 30.1 Å². The largest absolute Gasteiger partial charge is 0.480 e. The molecular weight excluding hydrogens is 288 g/mol. The molecule has 8 heteroatoms. The SMILES string of the molecule is CCCC(NC(=O)c1cccc([N+](=O)[O-])c1Cl)C(=O)O. The molecule has 1 aromatic rings. The zero-order chi connectivity index (χ0) is 15.3. The van der Waals surface area contributed by atoms with E-state index in [0.29, 0.717) is 6.42 Å². The number of amides is 1. The summed E-state index contributed by atoms with van der Waals surface area (Å²) in [6.45, 7) is 1.78. The summed E-state index contributed by atoms with van der Waals surface area (Å²) in [5, 5.41) is 21.7. The van der Waals surface area contributed by atoms with Crippen LogP contribution in [0.3, 0.4) is 0 Å². The van der Waals surface area contributed by atoms with Crippen molar-refractivity contribution in [3.05, 3.63) is 38.9 Å². The maximum absolute atomic E-state index is 11.9. The highest BCUT2D eigenvalue weighted by Crippen LogP contribution is 2.27. The molecule has 1 aromatic carbocycles. The lowest BCUT2D eigenvalue weighted by atomic mass is 10.1. The van der Waals surface area contributed by atoms with Crippen LogP contribution in [0.5, 0.6) is 0 Å². The fourth-order valence-electron chi connectivity index (χ4n) is 1.62. The van der Waals surface area contributed by atoms with Crippen molar-refractivity contribution in [1.82, 2.24) is 5.32 Å². The second-order valence-corrected chi connectivity index (χ2v) is 4.43. The van der Waals surface area contributed by atoms with E-state index in [1.165, 1.54) is 18.2 Å². The molecular formula is C12H13ClN2O5. The Labute approximate surface area is 119 Å². The van der Waals surface area contributed by atoms with Crippen LogP contribution in [0, 0.1) is 10.1 Å². The van der Waals surface area contributed by atoms with Crippen molar-refractivity contribution < 1.29 is 19.6 Å². The topological polar surface area (TPSA) is 110 Å². The van der Waals surface area contributed by atoms with Crippen LogP contribution in [0.2, 0.25) is 5.02 Å². The van der Waals surface area contributed by atoms with Gasteiger partial charge in [0.1, 0.15) is 11.1 Å². The number of carboxylic acid groups (broad SMARTS) is 1. The Hall–Kier alpha value is -2.15. The van der Waals surface area contributed by atoms with Crippen LogP contribution < -0.4 is 5.32 Å². The first-order valence-electron chi connectivity index (χ1n) is 5.85. The first kappa shape index (κ1) is 15.9. The van der Waals surface area contributed by atoms with Crippen molar-refractivity contribution in [3.8, 4) is 0 Å². The summed E-state index contributed by atoms with van der Waals surface area (Å²) in [5.41, 5.74) is -0.523. The van der Waals surface area contributed by atoms with Gasteiger partial charge in [-0.1, -0.05) is 31.0 Å². The van der Waals surface area contributed by atoms with E-state index in [1.807, 2.05) is 0 Å². The van der Waals surface area contributed by atoms with Gasteiger partial charge >= 0.3 is 5.97 Å². The van der Waals surface area contributed by atoms with Gasteiger partial charge in [0.15, 0.2) is 0 Å². The number of nitrogens with one attached hydrogen (secondary N) is 1. The highest BCUT2D eigenvalue weighted by Gasteiger charge is 2.24. The summed E-state index contributed by atoms with van der Waals surface area (Å²) < 4.78 is 0. The molecule has 0 fully saturated rings. The van der Waals surface area contributed by atoms with Gasteiger partial charge in [0.05, 0.1) is 10.5 Å². The van der Waals surface area contributed by atoms with Crippen molar-refractivity contribution in [2.45, 2.75) is 25.8 Å². The fourth-order valence-corrected chi connectivity index (χ4v) is 1.90. The molecule has 7 nitrogen and oxygen atoms in total. The van der Waals surface area contributed by atoms with E-state index in [-0.39, 0.29) is 17.0 Å². The molecule has 2 N–H and O–H groups in total. The predicted octanol–water partition coefficient (Wildman–Crippen LogP) is 2.23. The van der Waals surface area contributed by atoms with Crippen LogP contribution >= 0.6 is 11.6 Å². The molecule has 0 heterocycles. The van der Waals surface area contributed by atoms with Gasteiger partial charge in [-0.2, -0.15) is 0 Å². The van der Waals surface area contributed by atoms with Gasteiger partial charge in [-0.15, -0.1) is 0 Å². The van der Waals surface area contributed by atoms with Crippen LogP contribution in [-0.4, -0.2) is 27.9 Å². The predicted molar refractivity (Wildman–Crippen MR) is 71.9 cm³/mol. The van der Waals surface area contributed by atoms with Gasteiger partial charge in [-0.25, -0.2) is 4.79 Å². The van der Waals surface area contributed by atoms with Crippen LogP contribution in [-0.2, 0) is 4.79 Å². The van der Waals surface area contributed by atoms with Crippen LogP contribution in [0.25, 0.3) is 0 Å². The summed E-state index contributed by atoms with van der Waals surface area (Å²) in [5.74, 6) is -1.92. The molecule has 0 aliphatic carbocycles. The maximum atomic E-state index is 11.9. The number of halogens is 1. The standard InChI is InChI=1S/C12H13ClN2O5/c1-2-4-8(12(17)18)14-11(16)7-5-3-6-9(10(7)13)15(19)20/h3,5-6,8H,2,4H2,1H3,(H,14,16)(H,17,18). The molecule has 0 bridgehead atoms. The number of aliphatic carboxylic acids is 1. The lowest BCUT2D eigenvalue weighted by Gasteiger charge is -2.14. The Morgan fingerprint density at radius 2 is 2.15 bits per heavy atom. The molecule has 1 atom stereocenters. The van der Waals surface area contributed by atoms with Gasteiger partial charge < -0.3 is 10.4 Å². The summed E-state index contributed by atoms with van der Waals surface area (Å²) in [7, 11) is 0. The monoisotopic (exact) mass is 300 g/mol. The smallest absolute Gasteiger partial charge is 0.326 e. The molecule has 1 unspecified atom stereocenters. The van der Waals surface area contributed by atoms with E-state index in [9.17, 15) is 19.7 Å². The normalized spacial score (nSPS) is 11.7. The molecule has 0 aliphatic heterocycles. The highest BCUT2D eigenvalue weighted by atomic mass is 35.5. The lowest BCUT2D eigenvalue weighted by molar-refractivity contribution is -0.384. The molecule has 0 saturated carbocycles. The van der Waals surface area contributed by atoms with Crippen molar-refractivity contribution in [3.63, 3.8) is 0 Å². The summed E-state index contributed by atoms with van der Waals surface area (Å²) in [4.78, 5) is 32.9. The van der Waals surface area contributed by atoms with Gasteiger partial charge in [0, 0.05) is 6.07 Å². The zero-order valence-corrected chi connectivity index (χ0v) is 11.4. The number of carbonyl (C=O) groups excluding carboxylic acids is 1. The molecule has 20 heavy (non-hydrogen) atoms. The second kappa shape index (κ2) is 6.85. The highest BCUT2D eigenvalue weighted by molar-refractivity contribution is 6.35. The molecule has 0 radical (unpaired) electrons. The molecule has 1 amide bonds. The Balaban J connectivity index is 3.00. The quantitative estimate of drug-likeness (QED) is 0.618. The van der Waals surface area contributed by atoms with Gasteiger partial charge in [0.2, 0.25) is 0 Å². The van der Waals surface area contributed by atoms with E-state index in [4.69, 9.17) is 16.7 Å². The third-order valence-corrected chi connectivity index (χ3v) is 3.00. The van der Waals surface area contributed by atoms with Crippen molar-refractivity contribution >= 4 is 29.2 Å². The first-order chi connectivity index (χ1) is 9.38. The molecule has 0 spiro atoms. The molecule has 108 valence electrons. The number of hydrogen-bond acceptors (Lipinski definition) is 4. The average molecular weight is 301 g/mol. The zero-order valence-electron chi connectivity index (χ0n) is 10.6. The number of carboxylic acids is 1. The van der Waals surface area contributed by atoms with E-state index < -0.39 is 28.5 Å². The van der Waals surface area contributed by atoms with Gasteiger partial charge in [-0.05, 0) is 12.5 Å². The fraction of sp³-hybridized carbons (Fsp3) is 0.333. The minimum absolute atomic E-state index is 0.122. The third kappa shape index (κ3) is 3.67. The molecule has 0 aliphatic rings. The van der Waals surface area contributed by atoms with E-state index >= 15 is 0 Å². The number of benzene rings is 1. The average Bonchev–Trinajstić information content (AvgIpc) is 2.37. The lowest BCUT2D eigenvalue weighted by Crippen LogP contribution is -2.40. The number of nitrogens with zero attached hydrogens (tertiary/aromatic N) is 1. The Morgan fingerprint density at radius 1 is 1.50 bits per heavy atom. The number of nitro benzene ring substituents is 1. The molecule has 1 rings (SSSR count). The van der Waals surface area contributed by atoms with Crippen molar-refractivity contribution in [2.24, 2.45) is 0 Å². The Morgan fingerprint density at radius 3 is 2.65 bits per heavy atom. The van der Waals surface area contributed by atoms with Gasteiger partial charge in [0.25, 0.3) is 11.6 Å². The Kier molecular flexibility index (Phi) is 5.45. The number of nitro groups is 1.